The molecule has 0 fully saturated rings. The Morgan fingerprint density at radius 2 is 2.20 bits per heavy atom. The van der Waals surface area contributed by atoms with Gasteiger partial charge in [0.2, 0.25) is 5.91 Å². The summed E-state index contributed by atoms with van der Waals surface area (Å²) in [7, 11) is 0. The number of carbonyl (C=O) groups is 2. The lowest BCUT2D eigenvalue weighted by Crippen LogP contribution is -2.24. The molecule has 0 bridgehead atoms. The first-order valence-corrected chi connectivity index (χ1v) is 6.60. The van der Waals surface area contributed by atoms with Crippen molar-refractivity contribution in [2.24, 2.45) is 0 Å². The lowest BCUT2D eigenvalue weighted by atomic mass is 9.98. The third kappa shape index (κ3) is 3.38. The lowest BCUT2D eigenvalue weighted by molar-refractivity contribution is -0.133. The van der Waals surface area contributed by atoms with Crippen molar-refractivity contribution in [1.29, 1.82) is 0 Å². The average molecular weight is 274 g/mol. The summed E-state index contributed by atoms with van der Waals surface area (Å²) in [4.78, 5) is 22.1. The maximum atomic E-state index is 11.5. The molecular formula is C15H18N2O3. The van der Waals surface area contributed by atoms with Crippen molar-refractivity contribution >= 4 is 17.6 Å². The van der Waals surface area contributed by atoms with Crippen molar-refractivity contribution in [3.63, 3.8) is 0 Å². The first kappa shape index (κ1) is 14.1. The highest BCUT2D eigenvalue weighted by Gasteiger charge is 2.20. The van der Waals surface area contributed by atoms with Gasteiger partial charge in [0.05, 0.1) is 0 Å². The van der Waals surface area contributed by atoms with Gasteiger partial charge in [-0.2, -0.15) is 0 Å². The zero-order valence-corrected chi connectivity index (χ0v) is 11.3. The molecule has 1 aliphatic rings. The number of para-hydroxylation sites is 1. The number of benzene rings is 1. The molecule has 1 heterocycles. The standard InChI is InChI=1S/C15H18N2O3/c1-10(15(19)20)8-14(18)16-7-6-11-9-17-13-5-3-2-4-12(11)13/h2-5,8,11,17H,6-7,9H2,1H3,(H,16,18)(H,19,20). The molecule has 0 spiro atoms. The van der Waals surface area contributed by atoms with Crippen LogP contribution in [0.3, 0.4) is 0 Å². The van der Waals surface area contributed by atoms with E-state index in [0.717, 1.165) is 24.7 Å². The van der Waals surface area contributed by atoms with Crippen molar-refractivity contribution in [3.8, 4) is 0 Å². The van der Waals surface area contributed by atoms with Crippen LogP contribution in [0.2, 0.25) is 0 Å². The fraction of sp³-hybridized carbons (Fsp3) is 0.333. The maximum absolute atomic E-state index is 11.5. The molecule has 5 heteroatoms. The summed E-state index contributed by atoms with van der Waals surface area (Å²) < 4.78 is 0. The van der Waals surface area contributed by atoms with Gasteiger partial charge >= 0.3 is 5.97 Å². The van der Waals surface area contributed by atoms with E-state index in [4.69, 9.17) is 5.11 Å². The number of rotatable bonds is 5. The summed E-state index contributed by atoms with van der Waals surface area (Å²) in [5.41, 5.74) is 2.47. The minimum absolute atomic E-state index is 0.0374. The zero-order valence-electron chi connectivity index (χ0n) is 11.3. The van der Waals surface area contributed by atoms with E-state index in [1.807, 2.05) is 18.2 Å². The molecule has 5 nitrogen and oxygen atoms in total. The van der Waals surface area contributed by atoms with E-state index >= 15 is 0 Å². The summed E-state index contributed by atoms with van der Waals surface area (Å²) in [6, 6.07) is 8.15. The van der Waals surface area contributed by atoms with Crippen molar-refractivity contribution in [1.82, 2.24) is 5.32 Å². The number of hydrogen-bond donors (Lipinski definition) is 3. The second-order valence-corrected chi connectivity index (χ2v) is 4.88. The number of carboxylic acid groups (broad SMARTS) is 1. The second-order valence-electron chi connectivity index (χ2n) is 4.88. The Morgan fingerprint density at radius 1 is 1.45 bits per heavy atom. The topological polar surface area (TPSA) is 78.4 Å². The van der Waals surface area contributed by atoms with E-state index in [2.05, 4.69) is 16.7 Å². The summed E-state index contributed by atoms with van der Waals surface area (Å²) in [6.07, 6.45) is 1.94. The van der Waals surface area contributed by atoms with Crippen LogP contribution in [0.1, 0.15) is 24.8 Å². The fourth-order valence-electron chi connectivity index (χ4n) is 2.29. The van der Waals surface area contributed by atoms with Gasteiger partial charge in [-0.25, -0.2) is 4.79 Å². The molecular weight excluding hydrogens is 256 g/mol. The Hall–Kier alpha value is -2.30. The van der Waals surface area contributed by atoms with Gasteiger partial charge in [-0.3, -0.25) is 4.79 Å². The predicted molar refractivity (Wildman–Crippen MR) is 76.7 cm³/mol. The Labute approximate surface area is 117 Å². The average Bonchev–Trinajstić information content (AvgIpc) is 2.82. The molecule has 106 valence electrons. The van der Waals surface area contributed by atoms with E-state index in [9.17, 15) is 9.59 Å². The van der Waals surface area contributed by atoms with E-state index < -0.39 is 5.97 Å². The van der Waals surface area contributed by atoms with Crippen molar-refractivity contribution in [3.05, 3.63) is 41.5 Å². The van der Waals surface area contributed by atoms with E-state index in [0.29, 0.717) is 12.5 Å². The van der Waals surface area contributed by atoms with Gasteiger partial charge < -0.3 is 15.7 Å². The fourth-order valence-corrected chi connectivity index (χ4v) is 2.29. The Morgan fingerprint density at radius 3 is 2.95 bits per heavy atom. The number of carbonyl (C=O) groups excluding carboxylic acids is 1. The van der Waals surface area contributed by atoms with Crippen molar-refractivity contribution in [2.45, 2.75) is 19.3 Å². The number of fused-ring (bicyclic) bond motifs is 1. The maximum Gasteiger partial charge on any atom is 0.331 e. The number of anilines is 1. The highest BCUT2D eigenvalue weighted by Crippen LogP contribution is 2.32. The van der Waals surface area contributed by atoms with Gasteiger partial charge in [-0.1, -0.05) is 18.2 Å². The zero-order chi connectivity index (χ0) is 14.5. The Balaban J connectivity index is 1.82. The molecule has 0 saturated carbocycles. The van der Waals surface area contributed by atoms with Gasteiger partial charge in [0, 0.05) is 36.3 Å². The van der Waals surface area contributed by atoms with Gasteiger partial charge in [-0.15, -0.1) is 0 Å². The highest BCUT2D eigenvalue weighted by atomic mass is 16.4. The van der Waals surface area contributed by atoms with Crippen LogP contribution in [0.4, 0.5) is 5.69 Å². The molecule has 2 rings (SSSR count). The number of carboxylic acids is 1. The molecule has 1 aromatic rings. The van der Waals surface area contributed by atoms with Gasteiger partial charge in [-0.05, 0) is 25.0 Å². The molecule has 3 N–H and O–H groups in total. The summed E-state index contributed by atoms with van der Waals surface area (Å²) >= 11 is 0. The van der Waals surface area contributed by atoms with Crippen LogP contribution in [0.15, 0.2) is 35.9 Å². The molecule has 0 saturated heterocycles. The smallest absolute Gasteiger partial charge is 0.331 e. The largest absolute Gasteiger partial charge is 0.478 e. The Kier molecular flexibility index (Phi) is 4.40. The Bertz CT molecular complexity index is 552. The van der Waals surface area contributed by atoms with Gasteiger partial charge in [0.15, 0.2) is 0 Å². The predicted octanol–water partition coefficient (Wildman–Crippen LogP) is 1.73. The van der Waals surface area contributed by atoms with Crippen molar-refractivity contribution < 1.29 is 14.7 Å². The molecule has 20 heavy (non-hydrogen) atoms. The van der Waals surface area contributed by atoms with Crippen LogP contribution < -0.4 is 10.6 Å². The number of aliphatic carboxylic acids is 1. The minimum Gasteiger partial charge on any atom is -0.478 e. The second kappa shape index (κ2) is 6.23. The summed E-state index contributed by atoms with van der Waals surface area (Å²) in [6.45, 7) is 2.81. The van der Waals surface area contributed by atoms with E-state index in [1.165, 1.54) is 12.5 Å². The first-order valence-electron chi connectivity index (χ1n) is 6.60. The van der Waals surface area contributed by atoms with Crippen LogP contribution in [0.25, 0.3) is 0 Å². The summed E-state index contributed by atoms with van der Waals surface area (Å²) in [5.74, 6) is -1.05. The first-order chi connectivity index (χ1) is 9.58. The SMILES string of the molecule is CC(=CC(=O)NCCC1CNc2ccccc21)C(=O)O. The third-order valence-corrected chi connectivity index (χ3v) is 3.42. The number of nitrogens with one attached hydrogen (secondary N) is 2. The molecule has 1 atom stereocenters. The summed E-state index contributed by atoms with van der Waals surface area (Å²) in [5, 5.41) is 14.7. The van der Waals surface area contributed by atoms with Gasteiger partial charge in [0.1, 0.15) is 0 Å². The minimum atomic E-state index is -1.07. The van der Waals surface area contributed by atoms with Crippen molar-refractivity contribution in [2.75, 3.05) is 18.4 Å². The van der Waals surface area contributed by atoms with E-state index in [-0.39, 0.29) is 11.5 Å². The number of hydrogen-bond acceptors (Lipinski definition) is 3. The monoisotopic (exact) mass is 274 g/mol. The van der Waals surface area contributed by atoms with E-state index in [1.54, 1.807) is 0 Å². The van der Waals surface area contributed by atoms with Gasteiger partial charge in [0.25, 0.3) is 0 Å². The quantitative estimate of drug-likeness (QED) is 0.715. The third-order valence-electron chi connectivity index (χ3n) is 3.42. The molecule has 1 amide bonds. The lowest BCUT2D eigenvalue weighted by Gasteiger charge is -2.10. The molecule has 1 aromatic carbocycles. The molecule has 1 aliphatic heterocycles. The van der Waals surface area contributed by atoms with Crippen LogP contribution >= 0.6 is 0 Å². The highest BCUT2D eigenvalue weighted by molar-refractivity contribution is 5.97. The van der Waals surface area contributed by atoms with Crippen LogP contribution in [-0.4, -0.2) is 30.1 Å². The van der Waals surface area contributed by atoms with Crippen LogP contribution in [0.5, 0.6) is 0 Å². The number of amides is 1. The normalized spacial score (nSPS) is 17.2. The van der Waals surface area contributed by atoms with Crippen LogP contribution in [0, 0.1) is 0 Å². The molecule has 0 aromatic heterocycles. The molecule has 0 radical (unpaired) electrons. The van der Waals surface area contributed by atoms with Crippen LogP contribution in [-0.2, 0) is 9.59 Å². The molecule has 0 aliphatic carbocycles. The molecule has 1 unspecified atom stereocenters.